The summed E-state index contributed by atoms with van der Waals surface area (Å²) < 4.78 is 0. The van der Waals surface area contributed by atoms with E-state index < -0.39 is 18.0 Å². The number of amides is 2. The maximum Gasteiger partial charge on any atom is 0.353 e. The van der Waals surface area contributed by atoms with Gasteiger partial charge < -0.3 is 25.7 Å². The SMILES string of the molecule is CNC(=O)CCCC1CC1[C@@H]1C[C@H](SC2=C(C(=O)O)N3C(=O)[C@H]([C@@H](C)O)[C@H]3[C@H]2C)CN1. The van der Waals surface area contributed by atoms with Gasteiger partial charge in [-0.15, -0.1) is 11.8 Å². The molecular weight excluding hydrogens is 418 g/mol. The molecule has 3 heterocycles. The molecule has 0 radical (unpaired) electrons. The predicted octanol–water partition coefficient (Wildman–Crippen LogP) is 1.16. The number of rotatable bonds is 9. The normalized spacial score (nSPS) is 37.5. The van der Waals surface area contributed by atoms with E-state index in [-0.39, 0.29) is 34.7 Å². The van der Waals surface area contributed by atoms with Crippen LogP contribution in [0.5, 0.6) is 0 Å². The van der Waals surface area contributed by atoms with Crippen molar-refractivity contribution in [1.82, 2.24) is 15.5 Å². The molecule has 2 amide bonds. The third-order valence-corrected chi connectivity index (χ3v) is 8.99. The summed E-state index contributed by atoms with van der Waals surface area (Å²) in [5, 5.41) is 26.3. The van der Waals surface area contributed by atoms with Crippen molar-refractivity contribution in [3.05, 3.63) is 10.6 Å². The van der Waals surface area contributed by atoms with E-state index in [1.54, 1.807) is 25.7 Å². The number of hydrogen-bond donors (Lipinski definition) is 4. The summed E-state index contributed by atoms with van der Waals surface area (Å²) >= 11 is 1.61. The highest BCUT2D eigenvalue weighted by atomic mass is 32.2. The number of aliphatic hydroxyl groups is 1. The van der Waals surface area contributed by atoms with Crippen LogP contribution in [0.1, 0.15) is 46.0 Å². The lowest BCUT2D eigenvalue weighted by molar-refractivity contribution is -0.163. The summed E-state index contributed by atoms with van der Waals surface area (Å²) in [4.78, 5) is 38.0. The summed E-state index contributed by atoms with van der Waals surface area (Å²) in [7, 11) is 1.67. The first kappa shape index (κ1) is 22.6. The van der Waals surface area contributed by atoms with Gasteiger partial charge in [0.2, 0.25) is 11.8 Å². The Morgan fingerprint density at radius 1 is 1.35 bits per heavy atom. The molecule has 0 aromatic heterocycles. The predicted molar refractivity (Wildman–Crippen MR) is 117 cm³/mol. The van der Waals surface area contributed by atoms with E-state index in [4.69, 9.17) is 0 Å². The zero-order valence-electron chi connectivity index (χ0n) is 18.3. The molecule has 172 valence electrons. The number of fused-ring (bicyclic) bond motifs is 1. The zero-order chi connectivity index (χ0) is 22.4. The van der Waals surface area contributed by atoms with Gasteiger partial charge in [-0.2, -0.15) is 0 Å². The molecule has 3 aliphatic heterocycles. The Labute approximate surface area is 187 Å². The second-order valence-corrected chi connectivity index (χ2v) is 10.8. The first-order valence-electron chi connectivity index (χ1n) is 11.3. The van der Waals surface area contributed by atoms with Crippen LogP contribution < -0.4 is 10.6 Å². The van der Waals surface area contributed by atoms with Crippen LogP contribution in [0.2, 0.25) is 0 Å². The zero-order valence-corrected chi connectivity index (χ0v) is 19.2. The smallest absolute Gasteiger partial charge is 0.353 e. The maximum atomic E-state index is 12.5. The molecule has 0 aromatic rings. The van der Waals surface area contributed by atoms with E-state index in [2.05, 4.69) is 10.6 Å². The Morgan fingerprint density at radius 2 is 2.10 bits per heavy atom. The number of aliphatic carboxylic acids is 1. The minimum atomic E-state index is -1.06. The standard InChI is InChI=1S/C22H33N3O5S/c1-10-18-17(11(2)26)21(28)25(18)19(22(29)30)20(10)31-13-8-15(24-9-13)14-7-12(14)5-4-6-16(27)23-3/h10-15,17-18,24,26H,4-9H2,1-3H3,(H,23,27)(H,29,30)/t10-,11-,12?,13+,14?,15+,17-,18-/m1/s1. The van der Waals surface area contributed by atoms with Gasteiger partial charge in [0.1, 0.15) is 5.70 Å². The van der Waals surface area contributed by atoms with Crippen LogP contribution >= 0.6 is 11.8 Å². The number of β-lactam (4-membered cyclic amide) rings is 1. The highest BCUT2D eigenvalue weighted by Crippen LogP contribution is 2.53. The fourth-order valence-corrected chi connectivity index (χ4v) is 7.25. The van der Waals surface area contributed by atoms with Gasteiger partial charge in [0, 0.05) is 42.1 Å². The van der Waals surface area contributed by atoms with Crippen LogP contribution in [0.15, 0.2) is 10.6 Å². The van der Waals surface area contributed by atoms with Gasteiger partial charge in [0.15, 0.2) is 0 Å². The quantitative estimate of drug-likeness (QED) is 0.388. The fraction of sp³-hybridized carbons (Fsp3) is 0.773. The van der Waals surface area contributed by atoms with Crippen molar-refractivity contribution in [3.63, 3.8) is 0 Å². The van der Waals surface area contributed by atoms with Crippen molar-refractivity contribution >= 4 is 29.5 Å². The third kappa shape index (κ3) is 4.12. The number of thioether (sulfide) groups is 1. The molecule has 4 N–H and O–H groups in total. The number of carbonyl (C=O) groups is 3. The minimum Gasteiger partial charge on any atom is -0.477 e. The summed E-state index contributed by atoms with van der Waals surface area (Å²) in [5.41, 5.74) is 0.117. The Morgan fingerprint density at radius 3 is 2.74 bits per heavy atom. The van der Waals surface area contributed by atoms with Crippen LogP contribution in [-0.2, 0) is 14.4 Å². The van der Waals surface area contributed by atoms with Gasteiger partial charge in [-0.3, -0.25) is 9.59 Å². The molecule has 1 saturated carbocycles. The molecule has 8 nitrogen and oxygen atoms in total. The molecule has 3 fully saturated rings. The van der Waals surface area contributed by atoms with Crippen LogP contribution in [0, 0.1) is 23.7 Å². The van der Waals surface area contributed by atoms with Gasteiger partial charge in [-0.25, -0.2) is 4.79 Å². The first-order valence-corrected chi connectivity index (χ1v) is 12.2. The summed E-state index contributed by atoms with van der Waals surface area (Å²) in [6.07, 6.45) is 4.01. The molecule has 31 heavy (non-hydrogen) atoms. The number of carboxylic acid groups (broad SMARTS) is 1. The van der Waals surface area contributed by atoms with E-state index in [1.807, 2.05) is 6.92 Å². The number of carbonyl (C=O) groups excluding carboxylic acids is 2. The lowest BCUT2D eigenvalue weighted by Gasteiger charge is -2.46. The van der Waals surface area contributed by atoms with Crippen molar-refractivity contribution in [3.8, 4) is 0 Å². The molecule has 0 bridgehead atoms. The summed E-state index contributed by atoms with van der Waals surface area (Å²) in [6, 6.07) is 0.191. The van der Waals surface area contributed by atoms with E-state index in [0.29, 0.717) is 24.3 Å². The van der Waals surface area contributed by atoms with E-state index >= 15 is 0 Å². The first-order chi connectivity index (χ1) is 14.7. The lowest BCUT2D eigenvalue weighted by atomic mass is 9.79. The van der Waals surface area contributed by atoms with Crippen LogP contribution in [0.4, 0.5) is 0 Å². The highest BCUT2D eigenvalue weighted by Gasteiger charge is 2.60. The second-order valence-electron chi connectivity index (χ2n) is 9.49. The molecule has 0 spiro atoms. The number of carboxylic acids is 1. The Kier molecular flexibility index (Phi) is 6.38. The van der Waals surface area contributed by atoms with E-state index in [9.17, 15) is 24.6 Å². The molecular formula is C22H33N3O5S. The van der Waals surface area contributed by atoms with Gasteiger partial charge in [-0.1, -0.05) is 6.92 Å². The summed E-state index contributed by atoms with van der Waals surface area (Å²) in [6.45, 7) is 4.41. The Balaban J connectivity index is 1.33. The van der Waals surface area contributed by atoms with Gasteiger partial charge >= 0.3 is 5.97 Å². The van der Waals surface area contributed by atoms with E-state index in [0.717, 1.165) is 30.7 Å². The monoisotopic (exact) mass is 451 g/mol. The highest BCUT2D eigenvalue weighted by molar-refractivity contribution is 8.03. The molecule has 9 heteroatoms. The van der Waals surface area contributed by atoms with Crippen molar-refractivity contribution in [1.29, 1.82) is 0 Å². The van der Waals surface area contributed by atoms with Gasteiger partial charge in [-0.05, 0) is 44.4 Å². The van der Waals surface area contributed by atoms with Gasteiger partial charge in [0.25, 0.3) is 0 Å². The number of aliphatic hydroxyl groups excluding tert-OH is 1. The molecule has 2 unspecified atom stereocenters. The lowest BCUT2D eigenvalue weighted by Crippen LogP contribution is -2.63. The minimum absolute atomic E-state index is 0.0779. The second kappa shape index (κ2) is 8.75. The van der Waals surface area contributed by atoms with Gasteiger partial charge in [0.05, 0.1) is 18.1 Å². The molecule has 4 aliphatic rings. The molecule has 4 rings (SSSR count). The Bertz CT molecular complexity index is 800. The average Bonchev–Trinajstić information content (AvgIpc) is 3.25. The van der Waals surface area contributed by atoms with Crippen molar-refractivity contribution in [2.24, 2.45) is 23.7 Å². The largest absolute Gasteiger partial charge is 0.477 e. The van der Waals surface area contributed by atoms with Crippen LogP contribution in [0.25, 0.3) is 0 Å². The van der Waals surface area contributed by atoms with Crippen LogP contribution in [-0.4, -0.2) is 69.9 Å². The fourth-order valence-electron chi connectivity index (χ4n) is 5.75. The van der Waals surface area contributed by atoms with E-state index in [1.165, 1.54) is 11.3 Å². The third-order valence-electron chi connectivity index (χ3n) is 7.48. The Hall–Kier alpha value is -1.58. The topological polar surface area (TPSA) is 119 Å². The summed E-state index contributed by atoms with van der Waals surface area (Å²) in [5.74, 6) is -0.511. The van der Waals surface area contributed by atoms with Crippen molar-refractivity contribution in [2.75, 3.05) is 13.6 Å². The number of hydrogen-bond acceptors (Lipinski definition) is 6. The van der Waals surface area contributed by atoms with Crippen LogP contribution in [0.3, 0.4) is 0 Å². The van der Waals surface area contributed by atoms with Crippen molar-refractivity contribution in [2.45, 2.75) is 69.4 Å². The number of nitrogens with zero attached hydrogens (tertiary/aromatic N) is 1. The van der Waals surface area contributed by atoms with Crippen molar-refractivity contribution < 1.29 is 24.6 Å². The average molecular weight is 452 g/mol. The number of nitrogens with one attached hydrogen (secondary N) is 2. The maximum absolute atomic E-state index is 12.5. The molecule has 1 aliphatic carbocycles. The molecule has 2 saturated heterocycles. The molecule has 0 aromatic carbocycles. The molecule has 8 atom stereocenters.